The van der Waals surface area contributed by atoms with Crippen LogP contribution in [0.4, 0.5) is 0 Å². The third-order valence-electron chi connectivity index (χ3n) is 2.59. The minimum atomic E-state index is -0.425. The lowest BCUT2D eigenvalue weighted by atomic mass is 9.88. The summed E-state index contributed by atoms with van der Waals surface area (Å²) in [6.45, 7) is 8.12. The molecule has 0 aliphatic heterocycles. The molecule has 1 N–H and O–H groups in total. The molecule has 0 aliphatic rings. The maximum atomic E-state index is 10.2. The van der Waals surface area contributed by atoms with E-state index in [0.717, 1.165) is 12.0 Å². The average Bonchev–Trinajstić information content (AvgIpc) is 2.26. The van der Waals surface area contributed by atoms with Crippen LogP contribution in [-0.2, 0) is 0 Å². The summed E-state index contributed by atoms with van der Waals surface area (Å²) in [5.74, 6) is 0.721. The molecule has 0 unspecified atom stereocenters. The molecular weight excluding hydrogens is 184 g/mol. The highest BCUT2D eigenvalue weighted by atomic mass is 16.3. The van der Waals surface area contributed by atoms with Gasteiger partial charge in [0.15, 0.2) is 0 Å². The smallest absolute Gasteiger partial charge is 0.0852 e. The Hall–Kier alpha value is -1.08. The van der Waals surface area contributed by atoms with Crippen molar-refractivity contribution in [2.45, 2.75) is 26.4 Å². The van der Waals surface area contributed by atoms with Gasteiger partial charge >= 0.3 is 0 Å². The molecule has 1 nitrogen and oxygen atoms in total. The molecule has 0 spiro atoms. The predicted octanol–water partition coefficient (Wildman–Crippen LogP) is 3.57. The zero-order chi connectivity index (χ0) is 11.3. The Morgan fingerprint density at radius 1 is 1.27 bits per heavy atom. The van der Waals surface area contributed by atoms with Gasteiger partial charge in [-0.1, -0.05) is 50.3 Å². The summed E-state index contributed by atoms with van der Waals surface area (Å²) in [6.07, 6.45) is 2.41. The summed E-state index contributed by atoms with van der Waals surface area (Å²) in [6, 6.07) is 9.78. The molecule has 2 atom stereocenters. The van der Waals surface area contributed by atoms with Crippen molar-refractivity contribution in [1.82, 2.24) is 0 Å². The maximum Gasteiger partial charge on any atom is 0.0852 e. The van der Waals surface area contributed by atoms with Crippen molar-refractivity contribution in [1.29, 1.82) is 0 Å². The topological polar surface area (TPSA) is 20.2 Å². The molecule has 0 saturated carbocycles. The van der Waals surface area contributed by atoms with E-state index in [2.05, 4.69) is 20.4 Å². The Balaban J connectivity index is 2.73. The van der Waals surface area contributed by atoms with Crippen LogP contribution in [0, 0.1) is 11.8 Å². The van der Waals surface area contributed by atoms with Crippen molar-refractivity contribution in [3.63, 3.8) is 0 Å². The fourth-order valence-electron chi connectivity index (χ4n) is 1.80. The Kier molecular flexibility index (Phi) is 4.57. The van der Waals surface area contributed by atoms with Gasteiger partial charge in [-0.3, -0.25) is 0 Å². The lowest BCUT2D eigenvalue weighted by Crippen LogP contribution is -2.12. The second-order valence-corrected chi connectivity index (χ2v) is 4.38. The summed E-state index contributed by atoms with van der Waals surface area (Å²) in [7, 11) is 0. The SMILES string of the molecule is C=C[C@H](CC(C)C)[C@H](O)c1ccccc1. The monoisotopic (exact) mass is 204 g/mol. The van der Waals surface area contributed by atoms with E-state index in [1.807, 2.05) is 36.4 Å². The molecule has 82 valence electrons. The van der Waals surface area contributed by atoms with Crippen LogP contribution in [0.25, 0.3) is 0 Å². The summed E-state index contributed by atoms with van der Waals surface area (Å²) in [4.78, 5) is 0. The van der Waals surface area contributed by atoms with Crippen molar-refractivity contribution in [2.75, 3.05) is 0 Å². The molecule has 1 heteroatoms. The van der Waals surface area contributed by atoms with E-state index >= 15 is 0 Å². The van der Waals surface area contributed by atoms with Gasteiger partial charge in [0.05, 0.1) is 6.10 Å². The standard InChI is InChI=1S/C14H20O/c1-4-12(10-11(2)3)14(15)13-8-6-5-7-9-13/h4-9,11-12,14-15H,1,10H2,2-3H3/t12-,14+/m1/s1. The second-order valence-electron chi connectivity index (χ2n) is 4.38. The van der Waals surface area contributed by atoms with Gasteiger partial charge in [-0.15, -0.1) is 6.58 Å². The van der Waals surface area contributed by atoms with Crippen molar-refractivity contribution in [3.8, 4) is 0 Å². The molecule has 1 rings (SSSR count). The van der Waals surface area contributed by atoms with Crippen LogP contribution in [0.2, 0.25) is 0 Å². The summed E-state index contributed by atoms with van der Waals surface area (Å²) >= 11 is 0. The van der Waals surface area contributed by atoms with E-state index in [1.165, 1.54) is 0 Å². The first-order chi connectivity index (χ1) is 7.15. The van der Waals surface area contributed by atoms with Crippen LogP contribution in [0.5, 0.6) is 0 Å². The van der Waals surface area contributed by atoms with E-state index in [1.54, 1.807) is 0 Å². The molecule has 1 aromatic carbocycles. The van der Waals surface area contributed by atoms with Crippen LogP contribution < -0.4 is 0 Å². The van der Waals surface area contributed by atoms with Gasteiger partial charge in [-0.2, -0.15) is 0 Å². The highest BCUT2D eigenvalue weighted by Crippen LogP contribution is 2.27. The van der Waals surface area contributed by atoms with Gasteiger partial charge in [-0.05, 0) is 17.9 Å². The van der Waals surface area contributed by atoms with Crippen LogP contribution in [0.15, 0.2) is 43.0 Å². The first kappa shape index (κ1) is 12.0. The van der Waals surface area contributed by atoms with Gasteiger partial charge in [0.2, 0.25) is 0 Å². The Morgan fingerprint density at radius 2 is 1.87 bits per heavy atom. The average molecular weight is 204 g/mol. The van der Waals surface area contributed by atoms with Gasteiger partial charge < -0.3 is 5.11 Å². The predicted molar refractivity (Wildman–Crippen MR) is 64.5 cm³/mol. The fraction of sp³-hybridized carbons (Fsp3) is 0.429. The lowest BCUT2D eigenvalue weighted by Gasteiger charge is -2.21. The zero-order valence-electron chi connectivity index (χ0n) is 9.56. The van der Waals surface area contributed by atoms with E-state index in [0.29, 0.717) is 5.92 Å². The van der Waals surface area contributed by atoms with Gasteiger partial charge in [0, 0.05) is 5.92 Å². The third-order valence-corrected chi connectivity index (χ3v) is 2.59. The summed E-state index contributed by atoms with van der Waals surface area (Å²) < 4.78 is 0. The lowest BCUT2D eigenvalue weighted by molar-refractivity contribution is 0.120. The van der Waals surface area contributed by atoms with Gasteiger partial charge in [-0.25, -0.2) is 0 Å². The van der Waals surface area contributed by atoms with E-state index in [-0.39, 0.29) is 5.92 Å². The summed E-state index contributed by atoms with van der Waals surface area (Å²) in [5, 5.41) is 10.2. The van der Waals surface area contributed by atoms with Gasteiger partial charge in [0.1, 0.15) is 0 Å². The molecular formula is C14H20O. The Labute approximate surface area is 92.5 Å². The van der Waals surface area contributed by atoms with Gasteiger partial charge in [0.25, 0.3) is 0 Å². The minimum absolute atomic E-state index is 0.146. The molecule has 0 radical (unpaired) electrons. The van der Waals surface area contributed by atoms with Crippen molar-refractivity contribution in [2.24, 2.45) is 11.8 Å². The number of rotatable bonds is 5. The van der Waals surface area contributed by atoms with Crippen LogP contribution in [-0.4, -0.2) is 5.11 Å². The number of hydrogen-bond donors (Lipinski definition) is 1. The van der Waals surface area contributed by atoms with Crippen molar-refractivity contribution >= 4 is 0 Å². The maximum absolute atomic E-state index is 10.2. The first-order valence-electron chi connectivity index (χ1n) is 5.50. The quantitative estimate of drug-likeness (QED) is 0.727. The van der Waals surface area contributed by atoms with Crippen LogP contribution in [0.1, 0.15) is 31.9 Å². The Bertz CT molecular complexity index is 289. The molecule has 0 aliphatic carbocycles. The zero-order valence-corrected chi connectivity index (χ0v) is 9.56. The molecule has 0 aromatic heterocycles. The second kappa shape index (κ2) is 5.72. The third kappa shape index (κ3) is 3.52. The van der Waals surface area contributed by atoms with E-state index in [4.69, 9.17) is 0 Å². The summed E-state index contributed by atoms with van der Waals surface area (Å²) in [5.41, 5.74) is 0.975. The molecule has 0 amide bonds. The molecule has 0 bridgehead atoms. The normalized spacial score (nSPS) is 14.9. The molecule has 1 aromatic rings. The number of benzene rings is 1. The van der Waals surface area contributed by atoms with Crippen molar-refractivity contribution < 1.29 is 5.11 Å². The van der Waals surface area contributed by atoms with Crippen LogP contribution >= 0.6 is 0 Å². The Morgan fingerprint density at radius 3 is 2.33 bits per heavy atom. The number of aliphatic hydroxyl groups is 1. The molecule has 0 heterocycles. The largest absolute Gasteiger partial charge is 0.388 e. The van der Waals surface area contributed by atoms with Crippen LogP contribution in [0.3, 0.4) is 0 Å². The fourth-order valence-corrected chi connectivity index (χ4v) is 1.80. The molecule has 0 saturated heterocycles. The van der Waals surface area contributed by atoms with E-state index in [9.17, 15) is 5.11 Å². The number of aliphatic hydroxyl groups excluding tert-OH is 1. The molecule has 15 heavy (non-hydrogen) atoms. The minimum Gasteiger partial charge on any atom is -0.388 e. The highest BCUT2D eigenvalue weighted by Gasteiger charge is 2.18. The molecule has 0 fully saturated rings. The van der Waals surface area contributed by atoms with E-state index < -0.39 is 6.10 Å². The first-order valence-corrected chi connectivity index (χ1v) is 5.50. The number of hydrogen-bond acceptors (Lipinski definition) is 1. The van der Waals surface area contributed by atoms with Crippen molar-refractivity contribution in [3.05, 3.63) is 48.6 Å². The highest BCUT2D eigenvalue weighted by molar-refractivity contribution is 5.19.